The number of carbonyl (C=O) groups excluding carboxylic acids is 1. The molecule has 2 aromatic rings. The van der Waals surface area contributed by atoms with Crippen LogP contribution in [-0.2, 0) is 14.8 Å². The number of nitrogens with zero attached hydrogens (tertiary/aromatic N) is 2. The lowest BCUT2D eigenvalue weighted by Gasteiger charge is -2.28. The minimum atomic E-state index is -4.37. The van der Waals surface area contributed by atoms with Crippen LogP contribution < -0.4 is 4.31 Å². The van der Waals surface area contributed by atoms with Crippen molar-refractivity contribution in [2.24, 2.45) is 0 Å². The third-order valence-corrected chi connectivity index (χ3v) is 5.56. The summed E-state index contributed by atoms with van der Waals surface area (Å²) in [4.78, 5) is 21.3. The summed E-state index contributed by atoms with van der Waals surface area (Å²) < 4.78 is 39.7. The van der Waals surface area contributed by atoms with E-state index < -0.39 is 42.6 Å². The molecule has 2 rings (SSSR count). The van der Waals surface area contributed by atoms with Crippen LogP contribution in [0.3, 0.4) is 0 Å². The van der Waals surface area contributed by atoms with Crippen molar-refractivity contribution in [3.05, 3.63) is 64.5 Å². The number of hydrogen-bond donors (Lipinski definition) is 0. The number of nitro benzene ring substituents is 1. The predicted octanol–water partition coefficient (Wildman–Crippen LogP) is 3.08. The largest absolute Gasteiger partial charge is 0.279 e. The molecule has 1 atom stereocenters. The second kappa shape index (κ2) is 7.16. The number of anilines is 1. The van der Waals surface area contributed by atoms with Gasteiger partial charge in [-0.05, 0) is 48.9 Å². The molecule has 0 bridgehead atoms. The molecule has 0 saturated heterocycles. The Morgan fingerprint density at radius 1 is 1.24 bits per heavy atom. The summed E-state index contributed by atoms with van der Waals surface area (Å²) in [5.74, 6) is -0.596. The van der Waals surface area contributed by atoms with E-state index in [2.05, 4.69) is 0 Å². The summed E-state index contributed by atoms with van der Waals surface area (Å²) in [5.41, 5.74) is -0.431. The maximum Gasteiger partial charge on any atom is 0.270 e. The molecule has 132 valence electrons. The number of non-ortho nitro benzene ring substituents is 1. The van der Waals surface area contributed by atoms with E-state index in [0.717, 1.165) is 30.3 Å². The van der Waals surface area contributed by atoms with Gasteiger partial charge >= 0.3 is 0 Å². The molecule has 0 heterocycles. The maximum absolute atomic E-state index is 13.1. The Labute approximate surface area is 147 Å². The van der Waals surface area contributed by atoms with E-state index in [1.165, 1.54) is 25.1 Å². The highest BCUT2D eigenvalue weighted by molar-refractivity contribution is 7.93. The Balaban J connectivity index is 2.63. The molecule has 25 heavy (non-hydrogen) atoms. The van der Waals surface area contributed by atoms with E-state index in [-0.39, 0.29) is 5.69 Å². The molecular weight excluding hydrogens is 375 g/mol. The van der Waals surface area contributed by atoms with Gasteiger partial charge in [0.15, 0.2) is 0 Å². The zero-order chi connectivity index (χ0) is 18.8. The van der Waals surface area contributed by atoms with Crippen molar-refractivity contribution in [2.75, 3.05) is 4.31 Å². The van der Waals surface area contributed by atoms with Gasteiger partial charge in [0.1, 0.15) is 11.9 Å². The van der Waals surface area contributed by atoms with Crippen LogP contribution in [0.4, 0.5) is 15.8 Å². The van der Waals surface area contributed by atoms with Gasteiger partial charge in [-0.1, -0.05) is 6.07 Å². The Kier molecular flexibility index (Phi) is 5.39. The lowest BCUT2D eigenvalue weighted by atomic mass is 10.3. The van der Waals surface area contributed by atoms with Crippen LogP contribution in [0.2, 0.25) is 0 Å². The van der Waals surface area contributed by atoms with E-state index in [1.807, 2.05) is 0 Å². The van der Waals surface area contributed by atoms with Gasteiger partial charge in [-0.3, -0.25) is 19.2 Å². The number of nitro groups is 1. The van der Waals surface area contributed by atoms with Crippen LogP contribution in [0, 0.1) is 15.9 Å². The first kappa shape index (κ1) is 18.8. The third kappa shape index (κ3) is 3.94. The highest BCUT2D eigenvalue weighted by Crippen LogP contribution is 2.28. The topological polar surface area (TPSA) is 97.6 Å². The quantitative estimate of drug-likeness (QED) is 0.431. The molecule has 0 amide bonds. The van der Waals surface area contributed by atoms with Crippen molar-refractivity contribution < 1.29 is 22.5 Å². The van der Waals surface area contributed by atoms with Gasteiger partial charge in [0.2, 0.25) is 5.24 Å². The summed E-state index contributed by atoms with van der Waals surface area (Å²) in [6, 6.07) is 7.45. The zero-order valence-electron chi connectivity index (χ0n) is 12.8. The Morgan fingerprint density at radius 2 is 1.84 bits per heavy atom. The standard InChI is InChI=1S/C15H12ClFN2O5S/c1-10(15(16)20)18(12-7-5-11(17)6-8-12)25(23,24)14-4-2-3-13(9-14)19(21)22/h2-10H,1H3. The van der Waals surface area contributed by atoms with E-state index in [4.69, 9.17) is 11.6 Å². The summed E-state index contributed by atoms with van der Waals surface area (Å²) in [6.07, 6.45) is 0. The second-order valence-corrected chi connectivity index (χ2v) is 7.20. The lowest BCUT2D eigenvalue weighted by molar-refractivity contribution is -0.385. The predicted molar refractivity (Wildman–Crippen MR) is 89.5 cm³/mol. The number of benzene rings is 2. The average molecular weight is 387 g/mol. The number of hydrogen-bond acceptors (Lipinski definition) is 5. The molecule has 0 aliphatic rings. The molecule has 0 radical (unpaired) electrons. The van der Waals surface area contributed by atoms with Crippen molar-refractivity contribution in [3.8, 4) is 0 Å². The highest BCUT2D eigenvalue weighted by Gasteiger charge is 2.33. The van der Waals surface area contributed by atoms with Crippen molar-refractivity contribution in [3.63, 3.8) is 0 Å². The highest BCUT2D eigenvalue weighted by atomic mass is 35.5. The Bertz CT molecular complexity index is 918. The first-order valence-electron chi connectivity index (χ1n) is 6.88. The maximum atomic E-state index is 13.1. The molecular formula is C15H12ClFN2O5S. The molecule has 0 aliphatic carbocycles. The van der Waals surface area contributed by atoms with E-state index in [0.29, 0.717) is 4.31 Å². The van der Waals surface area contributed by atoms with E-state index in [1.54, 1.807) is 0 Å². The van der Waals surface area contributed by atoms with Crippen LogP contribution in [0.15, 0.2) is 53.4 Å². The first-order valence-corrected chi connectivity index (χ1v) is 8.70. The SMILES string of the molecule is CC(C(=O)Cl)N(c1ccc(F)cc1)S(=O)(=O)c1cccc([N+](=O)[O-])c1. The fourth-order valence-corrected chi connectivity index (χ4v) is 3.94. The molecule has 7 nitrogen and oxygen atoms in total. The van der Waals surface area contributed by atoms with Crippen LogP contribution >= 0.6 is 11.6 Å². The fraction of sp³-hybridized carbons (Fsp3) is 0.133. The first-order chi connectivity index (χ1) is 11.6. The van der Waals surface area contributed by atoms with Crippen LogP contribution in [0.25, 0.3) is 0 Å². The summed E-state index contributed by atoms with van der Waals surface area (Å²) >= 11 is 5.45. The molecule has 0 saturated carbocycles. The molecule has 0 N–H and O–H groups in total. The van der Waals surface area contributed by atoms with Crippen molar-refractivity contribution in [1.29, 1.82) is 0 Å². The van der Waals surface area contributed by atoms with Crippen LogP contribution in [0.1, 0.15) is 6.92 Å². The van der Waals surface area contributed by atoms with Gasteiger partial charge in [0.05, 0.1) is 15.5 Å². The second-order valence-electron chi connectivity index (χ2n) is 5.01. The third-order valence-electron chi connectivity index (χ3n) is 3.35. The fourth-order valence-electron chi connectivity index (χ4n) is 2.12. The van der Waals surface area contributed by atoms with Gasteiger partial charge in [0.25, 0.3) is 15.7 Å². The summed E-state index contributed by atoms with van der Waals surface area (Å²) in [7, 11) is -4.37. The molecule has 1 unspecified atom stereocenters. The minimum absolute atomic E-state index is 0.00518. The van der Waals surface area contributed by atoms with Crippen LogP contribution in [-0.4, -0.2) is 24.6 Å². The van der Waals surface area contributed by atoms with Gasteiger partial charge in [-0.25, -0.2) is 12.8 Å². The molecule has 0 spiro atoms. The number of halogens is 2. The van der Waals surface area contributed by atoms with Gasteiger partial charge in [0, 0.05) is 12.1 Å². The normalized spacial score (nSPS) is 12.4. The van der Waals surface area contributed by atoms with Crippen molar-refractivity contribution >= 4 is 38.2 Å². The molecule has 10 heteroatoms. The smallest absolute Gasteiger partial charge is 0.270 e. The summed E-state index contributed by atoms with van der Waals surface area (Å²) in [6.45, 7) is 1.26. The van der Waals surface area contributed by atoms with Crippen molar-refractivity contribution in [2.45, 2.75) is 17.9 Å². The van der Waals surface area contributed by atoms with Gasteiger partial charge in [-0.15, -0.1) is 0 Å². The zero-order valence-corrected chi connectivity index (χ0v) is 14.4. The molecule has 0 aromatic heterocycles. The van der Waals surface area contributed by atoms with E-state index in [9.17, 15) is 27.7 Å². The molecule has 0 fully saturated rings. The van der Waals surface area contributed by atoms with Gasteiger partial charge < -0.3 is 0 Å². The summed E-state index contributed by atoms with van der Waals surface area (Å²) in [5, 5.41) is 9.92. The van der Waals surface area contributed by atoms with Crippen molar-refractivity contribution in [1.82, 2.24) is 0 Å². The minimum Gasteiger partial charge on any atom is -0.279 e. The number of carbonyl (C=O) groups is 1. The molecule has 0 aliphatic heterocycles. The number of rotatable bonds is 6. The van der Waals surface area contributed by atoms with Crippen LogP contribution in [0.5, 0.6) is 0 Å². The average Bonchev–Trinajstić information content (AvgIpc) is 2.56. The Hall–Kier alpha value is -2.52. The van der Waals surface area contributed by atoms with Gasteiger partial charge in [-0.2, -0.15) is 0 Å². The lowest BCUT2D eigenvalue weighted by Crippen LogP contribution is -2.42. The number of sulfonamides is 1. The van der Waals surface area contributed by atoms with E-state index >= 15 is 0 Å². The monoisotopic (exact) mass is 386 g/mol. The Morgan fingerprint density at radius 3 is 2.36 bits per heavy atom. The molecule has 2 aromatic carbocycles.